The third kappa shape index (κ3) is 4.26. The predicted molar refractivity (Wildman–Crippen MR) is 116 cm³/mol. The monoisotopic (exact) mass is 419 g/mol. The molecule has 3 atom stereocenters. The second-order valence-corrected chi connectivity index (χ2v) is 7.62. The fourth-order valence-corrected chi connectivity index (χ4v) is 3.61. The van der Waals surface area contributed by atoms with Crippen molar-refractivity contribution in [3.05, 3.63) is 42.2 Å². The number of pyridine rings is 2. The van der Waals surface area contributed by atoms with Crippen molar-refractivity contribution in [3.8, 4) is 23.1 Å². The van der Waals surface area contributed by atoms with E-state index in [0.717, 1.165) is 27.5 Å². The first-order chi connectivity index (χ1) is 14.9. The lowest BCUT2D eigenvalue weighted by Gasteiger charge is -2.13. The molecule has 0 bridgehead atoms. The van der Waals surface area contributed by atoms with Gasteiger partial charge in [-0.1, -0.05) is 6.92 Å². The molecular weight excluding hydrogens is 397 g/mol. The van der Waals surface area contributed by atoms with Gasteiger partial charge in [-0.3, -0.25) is 4.79 Å². The minimum absolute atomic E-state index is 0.197. The van der Waals surface area contributed by atoms with Gasteiger partial charge in [0.25, 0.3) is 0 Å². The number of nitriles is 1. The number of benzene rings is 1. The average Bonchev–Trinajstić information content (AvgIpc) is 3.53. The highest BCUT2D eigenvalue weighted by molar-refractivity contribution is 6.00. The summed E-state index contributed by atoms with van der Waals surface area (Å²) in [4.78, 5) is 20.8. The van der Waals surface area contributed by atoms with E-state index in [1.54, 1.807) is 24.5 Å². The Morgan fingerprint density at radius 2 is 2.16 bits per heavy atom. The van der Waals surface area contributed by atoms with E-state index in [9.17, 15) is 9.18 Å². The molecular formula is C23H22FN5O2. The Kier molecular flexibility index (Phi) is 5.42. The Morgan fingerprint density at radius 1 is 1.35 bits per heavy atom. The molecule has 7 nitrogen and oxygen atoms in total. The maximum absolute atomic E-state index is 13.2. The second kappa shape index (κ2) is 8.19. The number of aryl methyl sites for hydroxylation is 1. The summed E-state index contributed by atoms with van der Waals surface area (Å²) in [6, 6.07) is 9.40. The molecule has 1 aromatic carbocycles. The van der Waals surface area contributed by atoms with Crippen molar-refractivity contribution >= 4 is 28.2 Å². The molecule has 1 fully saturated rings. The summed E-state index contributed by atoms with van der Waals surface area (Å²) >= 11 is 0. The van der Waals surface area contributed by atoms with Crippen molar-refractivity contribution in [2.24, 2.45) is 11.8 Å². The van der Waals surface area contributed by atoms with E-state index in [1.807, 2.05) is 19.1 Å². The molecule has 8 heteroatoms. The zero-order valence-electron chi connectivity index (χ0n) is 17.2. The van der Waals surface area contributed by atoms with Crippen LogP contribution in [0.2, 0.25) is 0 Å². The summed E-state index contributed by atoms with van der Waals surface area (Å²) in [7, 11) is 0. The average molecular weight is 419 g/mol. The number of carbonyl (C=O) groups is 1. The quantitative estimate of drug-likeness (QED) is 0.578. The number of alkyl halides is 1. The van der Waals surface area contributed by atoms with Crippen LogP contribution in [0.5, 0.6) is 5.88 Å². The van der Waals surface area contributed by atoms with Gasteiger partial charge < -0.3 is 15.8 Å². The van der Waals surface area contributed by atoms with Crippen LogP contribution in [0.1, 0.15) is 25.8 Å². The van der Waals surface area contributed by atoms with E-state index in [-0.39, 0.29) is 23.6 Å². The number of amides is 1. The summed E-state index contributed by atoms with van der Waals surface area (Å²) in [6.07, 6.45) is 3.11. The Balaban J connectivity index is 1.68. The number of halogens is 1. The fraction of sp³-hybridized carbons (Fsp3) is 0.304. The van der Waals surface area contributed by atoms with Crippen LogP contribution in [0.4, 0.5) is 15.9 Å². The van der Waals surface area contributed by atoms with E-state index in [4.69, 9.17) is 15.7 Å². The van der Waals surface area contributed by atoms with Crippen LogP contribution in [0, 0.1) is 23.2 Å². The van der Waals surface area contributed by atoms with Crippen LogP contribution < -0.4 is 15.8 Å². The van der Waals surface area contributed by atoms with E-state index in [1.165, 1.54) is 6.92 Å². The molecule has 3 aromatic rings. The molecule has 3 N–H and O–H groups in total. The Morgan fingerprint density at radius 3 is 2.84 bits per heavy atom. The van der Waals surface area contributed by atoms with E-state index < -0.39 is 6.36 Å². The predicted octanol–water partition coefficient (Wildman–Crippen LogP) is 4.23. The number of nitrogens with two attached hydrogens (primary N) is 1. The van der Waals surface area contributed by atoms with E-state index in [0.29, 0.717) is 24.3 Å². The zero-order chi connectivity index (χ0) is 22.1. The SMILES string of the molecule is CCc1cc(OC(C)F)ncc1-c1cc(N)c2cnc(NC(=O)[C@H]3C[C@@H]3C#N)cc2c1. The molecule has 1 amide bonds. The maximum atomic E-state index is 13.2. The number of aromatic nitrogens is 2. The first-order valence-corrected chi connectivity index (χ1v) is 10.1. The molecule has 158 valence electrons. The number of rotatable bonds is 6. The van der Waals surface area contributed by atoms with Crippen LogP contribution in [0.25, 0.3) is 21.9 Å². The number of carbonyl (C=O) groups excluding carboxylic acids is 1. The van der Waals surface area contributed by atoms with Crippen molar-refractivity contribution < 1.29 is 13.9 Å². The molecule has 0 spiro atoms. The van der Waals surface area contributed by atoms with Gasteiger partial charge in [0.1, 0.15) is 5.82 Å². The molecule has 1 aliphatic rings. The third-order valence-corrected chi connectivity index (χ3v) is 5.35. The standard InChI is InChI=1S/C23H22FN5O2/c1-3-13-8-22(31-12(2)24)28-10-18(13)14-4-15-7-21(27-11-19(15)20(26)6-14)29-23(30)17-5-16(17)9-25/h4,6-8,10-12,16-17H,3,5,26H2,1-2H3,(H,27,29,30)/t12?,16-,17+/m1/s1. The highest BCUT2D eigenvalue weighted by atomic mass is 19.1. The van der Waals surface area contributed by atoms with Gasteiger partial charge >= 0.3 is 0 Å². The van der Waals surface area contributed by atoms with Crippen LogP contribution in [-0.4, -0.2) is 22.2 Å². The lowest BCUT2D eigenvalue weighted by Crippen LogP contribution is -2.15. The maximum Gasteiger partial charge on any atom is 0.237 e. The van der Waals surface area contributed by atoms with Crippen molar-refractivity contribution in [3.63, 3.8) is 0 Å². The smallest absolute Gasteiger partial charge is 0.237 e. The number of nitrogen functional groups attached to an aromatic ring is 1. The van der Waals surface area contributed by atoms with Crippen LogP contribution >= 0.6 is 0 Å². The minimum atomic E-state index is -1.44. The number of hydrogen-bond donors (Lipinski definition) is 2. The van der Waals surface area contributed by atoms with Gasteiger partial charge in [0.05, 0.1) is 17.9 Å². The van der Waals surface area contributed by atoms with Crippen LogP contribution in [0.15, 0.2) is 36.7 Å². The summed E-state index contributed by atoms with van der Waals surface area (Å²) in [5.41, 5.74) is 9.48. The summed E-state index contributed by atoms with van der Waals surface area (Å²) in [5, 5.41) is 13.3. The summed E-state index contributed by atoms with van der Waals surface area (Å²) in [5.74, 6) is -0.0426. The number of nitrogens with zero attached hydrogens (tertiary/aromatic N) is 3. The number of hydrogen-bond acceptors (Lipinski definition) is 6. The van der Waals surface area contributed by atoms with Gasteiger partial charge in [0.2, 0.25) is 18.1 Å². The van der Waals surface area contributed by atoms with Crippen LogP contribution in [-0.2, 0) is 11.2 Å². The number of ether oxygens (including phenoxy) is 1. The Labute approximate surface area is 179 Å². The van der Waals surface area contributed by atoms with Gasteiger partial charge in [-0.2, -0.15) is 5.26 Å². The lowest BCUT2D eigenvalue weighted by molar-refractivity contribution is -0.117. The molecule has 4 rings (SSSR count). The first-order valence-electron chi connectivity index (χ1n) is 10.1. The topological polar surface area (TPSA) is 114 Å². The number of fused-ring (bicyclic) bond motifs is 1. The highest BCUT2D eigenvalue weighted by Gasteiger charge is 2.43. The summed E-state index contributed by atoms with van der Waals surface area (Å²) < 4.78 is 18.2. The van der Waals surface area contributed by atoms with Gasteiger partial charge in [0, 0.05) is 42.0 Å². The van der Waals surface area contributed by atoms with Crippen molar-refractivity contribution in [1.29, 1.82) is 5.26 Å². The molecule has 31 heavy (non-hydrogen) atoms. The van der Waals surface area contributed by atoms with E-state index in [2.05, 4.69) is 21.4 Å². The van der Waals surface area contributed by atoms with E-state index >= 15 is 0 Å². The van der Waals surface area contributed by atoms with Crippen molar-refractivity contribution in [1.82, 2.24) is 9.97 Å². The summed E-state index contributed by atoms with van der Waals surface area (Å²) in [6.45, 7) is 3.30. The molecule has 0 saturated heterocycles. The van der Waals surface area contributed by atoms with Gasteiger partial charge in [0.15, 0.2) is 0 Å². The van der Waals surface area contributed by atoms with Gasteiger partial charge in [-0.05, 0) is 47.6 Å². The fourth-order valence-electron chi connectivity index (χ4n) is 3.61. The molecule has 1 saturated carbocycles. The molecule has 2 heterocycles. The van der Waals surface area contributed by atoms with Crippen molar-refractivity contribution in [2.75, 3.05) is 11.1 Å². The molecule has 0 aliphatic heterocycles. The largest absolute Gasteiger partial charge is 0.444 e. The van der Waals surface area contributed by atoms with Gasteiger partial charge in [-0.25, -0.2) is 14.4 Å². The lowest BCUT2D eigenvalue weighted by atomic mass is 9.97. The van der Waals surface area contributed by atoms with Gasteiger partial charge in [-0.15, -0.1) is 0 Å². The third-order valence-electron chi connectivity index (χ3n) is 5.35. The molecule has 1 unspecified atom stereocenters. The molecule has 0 radical (unpaired) electrons. The Bertz CT molecular complexity index is 1200. The molecule has 2 aromatic heterocycles. The second-order valence-electron chi connectivity index (χ2n) is 7.62. The highest BCUT2D eigenvalue weighted by Crippen LogP contribution is 2.39. The minimum Gasteiger partial charge on any atom is -0.444 e. The molecule has 1 aliphatic carbocycles. The normalized spacial score (nSPS) is 18.3. The number of anilines is 2. The van der Waals surface area contributed by atoms with Crippen molar-refractivity contribution in [2.45, 2.75) is 33.0 Å². The first kappa shape index (κ1) is 20.5. The number of nitrogens with one attached hydrogen (secondary N) is 1. The van der Waals surface area contributed by atoms with Crippen LogP contribution in [0.3, 0.4) is 0 Å². The zero-order valence-corrected chi connectivity index (χ0v) is 17.2. The Hall–Kier alpha value is -3.73.